The molecular weight excluding hydrogens is 292 g/mol. The number of nitrogens with zero attached hydrogens (tertiary/aromatic N) is 2. The third kappa shape index (κ3) is 3.45. The van der Waals surface area contributed by atoms with Crippen LogP contribution >= 0.6 is 0 Å². The summed E-state index contributed by atoms with van der Waals surface area (Å²) >= 11 is 0. The molecule has 0 radical (unpaired) electrons. The van der Waals surface area contributed by atoms with Crippen LogP contribution in [0.25, 0.3) is 16.8 Å². The molecule has 3 rings (SSSR count). The molecule has 23 heavy (non-hydrogen) atoms. The number of carbonyl (C=O) groups is 1. The molecule has 5 heteroatoms. The van der Waals surface area contributed by atoms with Gasteiger partial charge in [0, 0.05) is 6.08 Å². The van der Waals surface area contributed by atoms with Crippen molar-refractivity contribution in [1.82, 2.24) is 10.1 Å². The minimum atomic E-state index is -0.583. The number of benzene rings is 2. The summed E-state index contributed by atoms with van der Waals surface area (Å²) in [6, 6.07) is 13.9. The quantitative estimate of drug-likeness (QED) is 0.541. The molecule has 0 fully saturated rings. The first-order valence-corrected chi connectivity index (χ1v) is 7.30. The molecule has 0 aliphatic carbocycles. The number of aryl methyl sites for hydroxylation is 1. The van der Waals surface area contributed by atoms with Crippen molar-refractivity contribution in [3.63, 3.8) is 0 Å². The van der Waals surface area contributed by atoms with Gasteiger partial charge in [0.25, 0.3) is 5.89 Å². The third-order valence-corrected chi connectivity index (χ3v) is 3.41. The fourth-order valence-electron chi connectivity index (χ4n) is 2.30. The van der Waals surface area contributed by atoms with Crippen molar-refractivity contribution < 1.29 is 14.1 Å². The smallest absolute Gasteiger partial charge is 0.331 e. The van der Waals surface area contributed by atoms with Gasteiger partial charge >= 0.3 is 5.97 Å². The third-order valence-electron chi connectivity index (χ3n) is 3.41. The molecule has 2 aromatic carbocycles. The molecule has 0 amide bonds. The highest BCUT2D eigenvalue weighted by Crippen LogP contribution is 2.20. The van der Waals surface area contributed by atoms with E-state index in [4.69, 9.17) is 9.26 Å². The molecule has 0 saturated heterocycles. The van der Waals surface area contributed by atoms with E-state index in [0.717, 1.165) is 16.3 Å². The van der Waals surface area contributed by atoms with Gasteiger partial charge in [-0.3, -0.25) is 0 Å². The molecule has 0 bridgehead atoms. The van der Waals surface area contributed by atoms with Gasteiger partial charge in [0.1, 0.15) is 0 Å². The van der Waals surface area contributed by atoms with Crippen LogP contribution < -0.4 is 0 Å². The van der Waals surface area contributed by atoms with E-state index in [1.165, 1.54) is 6.08 Å². The molecule has 3 aromatic rings. The van der Waals surface area contributed by atoms with Gasteiger partial charge in [0.05, 0.1) is 0 Å². The van der Waals surface area contributed by atoms with Gasteiger partial charge in [0.2, 0.25) is 0 Å². The second kappa shape index (κ2) is 6.44. The Morgan fingerprint density at radius 3 is 2.78 bits per heavy atom. The molecule has 1 heterocycles. The molecule has 5 nitrogen and oxygen atoms in total. The molecule has 1 aromatic heterocycles. The average Bonchev–Trinajstić information content (AvgIpc) is 2.99. The van der Waals surface area contributed by atoms with Crippen molar-refractivity contribution in [2.45, 2.75) is 20.0 Å². The van der Waals surface area contributed by atoms with Crippen molar-refractivity contribution in [3.05, 3.63) is 65.8 Å². The second-order valence-electron chi connectivity index (χ2n) is 5.16. The summed E-state index contributed by atoms with van der Waals surface area (Å²) in [4.78, 5) is 16.0. The van der Waals surface area contributed by atoms with Crippen molar-refractivity contribution in [2.24, 2.45) is 0 Å². The number of aromatic nitrogens is 2. The fourth-order valence-corrected chi connectivity index (χ4v) is 2.30. The van der Waals surface area contributed by atoms with Gasteiger partial charge in [0.15, 0.2) is 11.9 Å². The monoisotopic (exact) mass is 308 g/mol. The summed E-state index contributed by atoms with van der Waals surface area (Å²) in [5, 5.41) is 5.88. The first-order valence-electron chi connectivity index (χ1n) is 7.30. The lowest BCUT2D eigenvalue weighted by Gasteiger charge is -2.06. The van der Waals surface area contributed by atoms with Gasteiger partial charge in [-0.25, -0.2) is 4.79 Å². The number of hydrogen-bond acceptors (Lipinski definition) is 5. The van der Waals surface area contributed by atoms with Crippen LogP contribution in [0.1, 0.15) is 30.3 Å². The minimum Gasteiger partial charge on any atom is -0.449 e. The Hall–Kier alpha value is -2.95. The van der Waals surface area contributed by atoms with Crippen LogP contribution in [0.3, 0.4) is 0 Å². The van der Waals surface area contributed by atoms with E-state index in [0.29, 0.717) is 5.82 Å². The molecule has 0 aliphatic rings. The summed E-state index contributed by atoms with van der Waals surface area (Å²) in [7, 11) is 0. The highest BCUT2D eigenvalue weighted by atomic mass is 16.6. The van der Waals surface area contributed by atoms with Crippen LogP contribution in [0.4, 0.5) is 0 Å². The Morgan fingerprint density at radius 1 is 1.22 bits per heavy atom. The lowest BCUT2D eigenvalue weighted by Crippen LogP contribution is -2.06. The van der Waals surface area contributed by atoms with Crippen LogP contribution in [0.5, 0.6) is 0 Å². The minimum absolute atomic E-state index is 0.286. The lowest BCUT2D eigenvalue weighted by atomic mass is 10.0. The Bertz CT molecular complexity index is 862. The summed E-state index contributed by atoms with van der Waals surface area (Å²) in [6.45, 7) is 3.40. The number of carbonyl (C=O) groups excluding carboxylic acids is 1. The Kier molecular flexibility index (Phi) is 4.19. The van der Waals surface area contributed by atoms with Gasteiger partial charge < -0.3 is 9.26 Å². The maximum Gasteiger partial charge on any atom is 0.331 e. The average molecular weight is 308 g/mol. The maximum absolute atomic E-state index is 11.9. The van der Waals surface area contributed by atoms with Crippen LogP contribution in [0.2, 0.25) is 0 Å². The number of rotatable bonds is 4. The van der Waals surface area contributed by atoms with Gasteiger partial charge in [-0.1, -0.05) is 47.6 Å². The van der Waals surface area contributed by atoms with E-state index in [2.05, 4.69) is 10.1 Å². The van der Waals surface area contributed by atoms with Crippen LogP contribution in [0.15, 0.2) is 53.1 Å². The van der Waals surface area contributed by atoms with E-state index in [1.807, 2.05) is 42.5 Å². The zero-order valence-corrected chi connectivity index (χ0v) is 12.9. The Labute approximate surface area is 133 Å². The molecule has 0 saturated carbocycles. The zero-order valence-electron chi connectivity index (χ0n) is 12.9. The molecular formula is C18H16N2O3. The van der Waals surface area contributed by atoms with E-state index >= 15 is 0 Å². The second-order valence-corrected chi connectivity index (χ2v) is 5.16. The number of fused-ring (bicyclic) bond motifs is 1. The summed E-state index contributed by atoms with van der Waals surface area (Å²) in [6.07, 6.45) is 2.57. The molecule has 0 N–H and O–H groups in total. The highest BCUT2D eigenvalue weighted by molar-refractivity contribution is 5.94. The number of ether oxygens (including phenoxy) is 1. The van der Waals surface area contributed by atoms with E-state index in [1.54, 1.807) is 19.9 Å². The molecule has 116 valence electrons. The maximum atomic E-state index is 11.9. The highest BCUT2D eigenvalue weighted by Gasteiger charge is 2.16. The summed E-state index contributed by atoms with van der Waals surface area (Å²) in [5.41, 5.74) is 0.960. The van der Waals surface area contributed by atoms with Crippen LogP contribution in [0, 0.1) is 6.92 Å². The fraction of sp³-hybridized carbons (Fsp3) is 0.167. The first kappa shape index (κ1) is 15.0. The molecule has 1 atom stereocenters. The standard InChI is InChI=1S/C18H16N2O3/c1-12(18-19-13(2)20-23-18)22-17(21)11-10-15-8-5-7-14-6-3-4-9-16(14)15/h3-12H,1-2H3/b11-10+. The Morgan fingerprint density at radius 2 is 2.00 bits per heavy atom. The predicted octanol–water partition coefficient (Wildman–Crippen LogP) is 3.85. The van der Waals surface area contributed by atoms with Crippen molar-refractivity contribution in [1.29, 1.82) is 0 Å². The SMILES string of the molecule is Cc1noc(C(C)OC(=O)/C=C/c2cccc3ccccc23)n1. The van der Waals surface area contributed by atoms with E-state index < -0.39 is 12.1 Å². The van der Waals surface area contributed by atoms with E-state index in [9.17, 15) is 4.79 Å². The molecule has 0 aliphatic heterocycles. The van der Waals surface area contributed by atoms with Crippen molar-refractivity contribution in [2.75, 3.05) is 0 Å². The van der Waals surface area contributed by atoms with Gasteiger partial charge in [-0.15, -0.1) is 0 Å². The number of hydrogen-bond donors (Lipinski definition) is 0. The van der Waals surface area contributed by atoms with Gasteiger partial charge in [-0.2, -0.15) is 4.98 Å². The van der Waals surface area contributed by atoms with E-state index in [-0.39, 0.29) is 5.89 Å². The largest absolute Gasteiger partial charge is 0.449 e. The first-order chi connectivity index (χ1) is 11.1. The number of esters is 1. The predicted molar refractivity (Wildman–Crippen MR) is 86.5 cm³/mol. The topological polar surface area (TPSA) is 65.2 Å². The molecule has 0 spiro atoms. The normalized spacial score (nSPS) is 12.6. The van der Waals surface area contributed by atoms with Crippen LogP contribution in [-0.4, -0.2) is 16.1 Å². The lowest BCUT2D eigenvalue weighted by molar-refractivity contribution is -0.143. The zero-order chi connectivity index (χ0) is 16.2. The van der Waals surface area contributed by atoms with Crippen molar-refractivity contribution in [3.8, 4) is 0 Å². The summed E-state index contributed by atoms with van der Waals surface area (Å²) < 4.78 is 10.2. The van der Waals surface area contributed by atoms with Crippen LogP contribution in [-0.2, 0) is 9.53 Å². The Balaban J connectivity index is 1.73. The van der Waals surface area contributed by atoms with Crippen molar-refractivity contribution >= 4 is 22.8 Å². The summed E-state index contributed by atoms with van der Waals surface area (Å²) in [5.74, 6) is 0.338. The molecule has 1 unspecified atom stereocenters. The van der Waals surface area contributed by atoms with Gasteiger partial charge in [-0.05, 0) is 36.3 Å².